The Balaban J connectivity index is 2.13. The normalized spacial score (nSPS) is 12.6. The molecule has 0 bridgehead atoms. The fraction of sp³-hybridized carbons (Fsp3) is 0.167. The number of hydrogen-bond donors (Lipinski definition) is 2. The van der Waals surface area contributed by atoms with Crippen LogP contribution in [-0.4, -0.2) is 0 Å². The van der Waals surface area contributed by atoms with Crippen LogP contribution in [0.25, 0.3) is 0 Å². The van der Waals surface area contributed by atoms with Crippen LogP contribution in [0, 0.1) is 5.82 Å². The summed E-state index contributed by atoms with van der Waals surface area (Å²) in [6.07, 6.45) is 0.811. The molecule has 0 fully saturated rings. The average molecular weight is 236 g/mol. The van der Waals surface area contributed by atoms with E-state index in [0.29, 0.717) is 0 Å². The standard InChI is InChI=1S/C12H13FN2S/c13-11-3-1-10(2-4-11)12(15-14)7-9-5-6-16-8-9/h1-6,8,12,15H,7,14H2. The summed E-state index contributed by atoms with van der Waals surface area (Å²) in [4.78, 5) is 0. The maximum absolute atomic E-state index is 12.8. The van der Waals surface area contributed by atoms with Crippen molar-refractivity contribution in [2.45, 2.75) is 12.5 Å². The molecule has 2 aromatic rings. The van der Waals surface area contributed by atoms with Gasteiger partial charge in [0.05, 0.1) is 6.04 Å². The minimum Gasteiger partial charge on any atom is -0.271 e. The van der Waals surface area contributed by atoms with Crippen LogP contribution in [0.5, 0.6) is 0 Å². The molecule has 84 valence electrons. The zero-order chi connectivity index (χ0) is 11.4. The van der Waals surface area contributed by atoms with Gasteiger partial charge in [-0.3, -0.25) is 11.3 Å². The molecule has 4 heteroatoms. The first-order valence-corrected chi connectivity index (χ1v) is 5.96. The van der Waals surface area contributed by atoms with Crippen molar-refractivity contribution < 1.29 is 4.39 Å². The van der Waals surface area contributed by atoms with E-state index in [1.54, 1.807) is 23.5 Å². The molecule has 0 aliphatic carbocycles. The monoisotopic (exact) mass is 236 g/mol. The number of nitrogens with one attached hydrogen (secondary N) is 1. The van der Waals surface area contributed by atoms with Crippen LogP contribution in [0.1, 0.15) is 17.2 Å². The number of halogens is 1. The summed E-state index contributed by atoms with van der Waals surface area (Å²) in [5.74, 6) is 5.29. The molecule has 16 heavy (non-hydrogen) atoms. The highest BCUT2D eigenvalue weighted by molar-refractivity contribution is 7.07. The maximum Gasteiger partial charge on any atom is 0.123 e. The molecule has 2 rings (SSSR count). The van der Waals surface area contributed by atoms with Crippen molar-refractivity contribution in [3.05, 3.63) is 58.0 Å². The van der Waals surface area contributed by atoms with Gasteiger partial charge in [0.1, 0.15) is 5.82 Å². The molecule has 1 atom stereocenters. The second-order valence-corrected chi connectivity index (χ2v) is 4.39. The van der Waals surface area contributed by atoms with E-state index in [0.717, 1.165) is 12.0 Å². The van der Waals surface area contributed by atoms with Gasteiger partial charge in [0.25, 0.3) is 0 Å². The molecule has 1 aromatic carbocycles. The molecule has 0 spiro atoms. The van der Waals surface area contributed by atoms with E-state index in [2.05, 4.69) is 16.9 Å². The summed E-state index contributed by atoms with van der Waals surface area (Å²) >= 11 is 1.66. The Morgan fingerprint density at radius 3 is 2.56 bits per heavy atom. The van der Waals surface area contributed by atoms with Crippen LogP contribution >= 0.6 is 11.3 Å². The summed E-state index contributed by atoms with van der Waals surface area (Å²) in [5, 5.41) is 4.13. The molecule has 1 unspecified atom stereocenters. The lowest BCUT2D eigenvalue weighted by molar-refractivity contribution is 0.550. The van der Waals surface area contributed by atoms with Gasteiger partial charge in [0.2, 0.25) is 0 Å². The van der Waals surface area contributed by atoms with E-state index in [9.17, 15) is 4.39 Å². The summed E-state index contributed by atoms with van der Waals surface area (Å²) in [6, 6.07) is 8.51. The van der Waals surface area contributed by atoms with Crippen molar-refractivity contribution in [2.24, 2.45) is 5.84 Å². The Labute approximate surface area is 97.9 Å². The molecule has 0 aliphatic rings. The first-order valence-electron chi connectivity index (χ1n) is 5.02. The van der Waals surface area contributed by atoms with Gasteiger partial charge < -0.3 is 0 Å². The van der Waals surface area contributed by atoms with E-state index in [1.165, 1.54) is 17.7 Å². The van der Waals surface area contributed by atoms with Crippen LogP contribution in [-0.2, 0) is 6.42 Å². The van der Waals surface area contributed by atoms with Gasteiger partial charge in [-0.15, -0.1) is 0 Å². The summed E-state index contributed by atoms with van der Waals surface area (Å²) < 4.78 is 12.8. The predicted molar refractivity (Wildman–Crippen MR) is 64.5 cm³/mol. The van der Waals surface area contributed by atoms with E-state index in [-0.39, 0.29) is 11.9 Å². The number of nitrogens with two attached hydrogens (primary N) is 1. The van der Waals surface area contributed by atoms with Gasteiger partial charge in [-0.05, 0) is 46.5 Å². The highest BCUT2D eigenvalue weighted by atomic mass is 32.1. The molecule has 1 heterocycles. The Hall–Kier alpha value is -1.23. The van der Waals surface area contributed by atoms with Crippen LogP contribution in [0.15, 0.2) is 41.1 Å². The lowest BCUT2D eigenvalue weighted by atomic mass is 10.0. The number of hydrazine groups is 1. The van der Waals surface area contributed by atoms with E-state index >= 15 is 0 Å². The minimum absolute atomic E-state index is 0.0233. The molecular formula is C12H13FN2S. The first kappa shape index (κ1) is 11.3. The van der Waals surface area contributed by atoms with Crippen molar-refractivity contribution in [3.8, 4) is 0 Å². The second-order valence-electron chi connectivity index (χ2n) is 3.61. The fourth-order valence-electron chi connectivity index (χ4n) is 1.61. The van der Waals surface area contributed by atoms with Gasteiger partial charge in [-0.2, -0.15) is 11.3 Å². The predicted octanol–water partition coefficient (Wildman–Crippen LogP) is 2.63. The molecule has 3 N–H and O–H groups in total. The molecular weight excluding hydrogens is 223 g/mol. The molecule has 0 radical (unpaired) electrons. The molecule has 0 aliphatic heterocycles. The first-order chi connectivity index (χ1) is 7.79. The molecule has 0 saturated carbocycles. The van der Waals surface area contributed by atoms with Crippen molar-refractivity contribution >= 4 is 11.3 Å². The molecule has 1 aromatic heterocycles. The molecule has 0 saturated heterocycles. The van der Waals surface area contributed by atoms with Crippen LogP contribution in [0.4, 0.5) is 4.39 Å². The van der Waals surface area contributed by atoms with Gasteiger partial charge in [-0.1, -0.05) is 12.1 Å². The summed E-state index contributed by atoms with van der Waals surface area (Å²) in [6.45, 7) is 0. The highest BCUT2D eigenvalue weighted by Gasteiger charge is 2.10. The number of thiophene rings is 1. The quantitative estimate of drug-likeness (QED) is 0.632. The van der Waals surface area contributed by atoms with Gasteiger partial charge in [0, 0.05) is 0 Å². The van der Waals surface area contributed by atoms with Crippen molar-refractivity contribution in [3.63, 3.8) is 0 Å². The number of hydrogen-bond acceptors (Lipinski definition) is 3. The third kappa shape index (κ3) is 2.66. The van der Waals surface area contributed by atoms with Gasteiger partial charge in [-0.25, -0.2) is 4.39 Å². The summed E-state index contributed by atoms with van der Waals surface area (Å²) in [5.41, 5.74) is 4.99. The maximum atomic E-state index is 12.8. The van der Waals surface area contributed by atoms with Crippen molar-refractivity contribution in [2.75, 3.05) is 0 Å². The minimum atomic E-state index is -0.227. The molecule has 2 nitrogen and oxygen atoms in total. The SMILES string of the molecule is NNC(Cc1ccsc1)c1ccc(F)cc1. The van der Waals surface area contributed by atoms with Crippen molar-refractivity contribution in [1.82, 2.24) is 5.43 Å². The summed E-state index contributed by atoms with van der Waals surface area (Å²) in [7, 11) is 0. The van der Waals surface area contributed by atoms with Crippen LogP contribution < -0.4 is 11.3 Å². The third-order valence-corrected chi connectivity index (χ3v) is 3.23. The van der Waals surface area contributed by atoms with E-state index < -0.39 is 0 Å². The highest BCUT2D eigenvalue weighted by Crippen LogP contribution is 2.19. The number of rotatable bonds is 4. The van der Waals surface area contributed by atoms with E-state index in [4.69, 9.17) is 5.84 Å². The Bertz CT molecular complexity index is 425. The zero-order valence-electron chi connectivity index (χ0n) is 8.69. The van der Waals surface area contributed by atoms with E-state index in [1.807, 2.05) is 5.38 Å². The smallest absolute Gasteiger partial charge is 0.123 e. The Morgan fingerprint density at radius 1 is 1.25 bits per heavy atom. The Morgan fingerprint density at radius 2 is 2.00 bits per heavy atom. The number of benzene rings is 1. The van der Waals surface area contributed by atoms with Gasteiger partial charge >= 0.3 is 0 Å². The largest absolute Gasteiger partial charge is 0.271 e. The Kier molecular flexibility index (Phi) is 3.66. The van der Waals surface area contributed by atoms with Crippen LogP contribution in [0.3, 0.4) is 0 Å². The average Bonchev–Trinajstić information content (AvgIpc) is 2.80. The third-order valence-electron chi connectivity index (χ3n) is 2.49. The lowest BCUT2D eigenvalue weighted by Gasteiger charge is -2.15. The topological polar surface area (TPSA) is 38.0 Å². The zero-order valence-corrected chi connectivity index (χ0v) is 9.51. The lowest BCUT2D eigenvalue weighted by Crippen LogP contribution is -2.29. The van der Waals surface area contributed by atoms with Crippen molar-refractivity contribution in [1.29, 1.82) is 0 Å². The van der Waals surface area contributed by atoms with Gasteiger partial charge in [0.15, 0.2) is 0 Å². The van der Waals surface area contributed by atoms with Crippen LogP contribution in [0.2, 0.25) is 0 Å². The molecule has 0 amide bonds. The second kappa shape index (κ2) is 5.21. The fourth-order valence-corrected chi connectivity index (χ4v) is 2.29.